The highest BCUT2D eigenvalue weighted by Gasteiger charge is 2.25. The molecule has 1 aromatic heterocycles. The fraction of sp³-hybridized carbons (Fsp3) is 0.500. The summed E-state index contributed by atoms with van der Waals surface area (Å²) in [5.41, 5.74) is 4.93. The summed E-state index contributed by atoms with van der Waals surface area (Å²) in [4.78, 5) is 0. The molecule has 0 unspecified atom stereocenters. The van der Waals surface area contributed by atoms with E-state index in [-0.39, 0.29) is 9.96 Å². The van der Waals surface area contributed by atoms with Crippen LogP contribution in [0.25, 0.3) is 0 Å². The Balaban J connectivity index is 2.98. The summed E-state index contributed by atoms with van der Waals surface area (Å²) in [6, 6.07) is 3.08. The van der Waals surface area contributed by atoms with Crippen molar-refractivity contribution in [3.63, 3.8) is 0 Å². The van der Waals surface area contributed by atoms with Crippen molar-refractivity contribution in [3.8, 4) is 0 Å². The maximum atomic E-state index is 11.7. The zero-order chi connectivity index (χ0) is 11.0. The van der Waals surface area contributed by atoms with Gasteiger partial charge >= 0.3 is 0 Å². The second kappa shape index (κ2) is 3.81. The van der Waals surface area contributed by atoms with E-state index in [1.54, 1.807) is 19.9 Å². The topological polar surface area (TPSA) is 60.2 Å². The smallest absolute Gasteiger partial charge is 0.189 e. The van der Waals surface area contributed by atoms with Gasteiger partial charge in [0.1, 0.15) is 4.21 Å². The van der Waals surface area contributed by atoms with Crippen LogP contribution >= 0.6 is 22.9 Å². The second-order valence-electron chi connectivity index (χ2n) is 3.81. The molecule has 1 heterocycles. The first kappa shape index (κ1) is 12.0. The van der Waals surface area contributed by atoms with E-state index in [4.69, 9.17) is 17.3 Å². The molecule has 0 radical (unpaired) electrons. The maximum absolute atomic E-state index is 11.7. The van der Waals surface area contributed by atoms with E-state index in [2.05, 4.69) is 0 Å². The van der Waals surface area contributed by atoms with Gasteiger partial charge in [0.05, 0.1) is 10.1 Å². The van der Waals surface area contributed by atoms with Gasteiger partial charge in [0.25, 0.3) is 0 Å². The Morgan fingerprint density at radius 2 is 2.07 bits per heavy atom. The SMILES string of the molecule is CC(C)(N)CS(=O)(=O)c1ccc(Cl)s1. The molecule has 1 rings (SSSR count). The zero-order valence-corrected chi connectivity index (χ0v) is 10.3. The van der Waals surface area contributed by atoms with Gasteiger partial charge in [-0.25, -0.2) is 8.42 Å². The minimum atomic E-state index is -3.29. The summed E-state index contributed by atoms with van der Waals surface area (Å²) in [5.74, 6) is -0.0726. The lowest BCUT2D eigenvalue weighted by Crippen LogP contribution is -2.39. The summed E-state index contributed by atoms with van der Waals surface area (Å²) >= 11 is 6.72. The maximum Gasteiger partial charge on any atom is 0.189 e. The zero-order valence-electron chi connectivity index (χ0n) is 7.95. The van der Waals surface area contributed by atoms with Crippen LogP contribution in [0, 0.1) is 0 Å². The quantitative estimate of drug-likeness (QED) is 0.895. The highest BCUT2D eigenvalue weighted by atomic mass is 35.5. The fourth-order valence-electron chi connectivity index (χ4n) is 1.03. The molecule has 0 aliphatic heterocycles. The van der Waals surface area contributed by atoms with Crippen LogP contribution < -0.4 is 5.73 Å². The van der Waals surface area contributed by atoms with Gasteiger partial charge in [-0.1, -0.05) is 11.6 Å². The molecule has 0 aliphatic carbocycles. The Kier molecular flexibility index (Phi) is 3.26. The lowest BCUT2D eigenvalue weighted by molar-refractivity contribution is 0.545. The van der Waals surface area contributed by atoms with Crippen LogP contribution in [0.1, 0.15) is 13.8 Å². The second-order valence-corrected chi connectivity index (χ2v) is 7.74. The van der Waals surface area contributed by atoms with Crippen molar-refractivity contribution in [2.45, 2.75) is 23.6 Å². The summed E-state index contributed by atoms with van der Waals surface area (Å²) in [5, 5.41) is 0. The Hall–Kier alpha value is -0.100. The lowest BCUT2D eigenvalue weighted by atomic mass is 10.1. The van der Waals surface area contributed by atoms with Crippen LogP contribution in [0.2, 0.25) is 4.34 Å². The van der Waals surface area contributed by atoms with Crippen molar-refractivity contribution in [1.29, 1.82) is 0 Å². The number of halogens is 1. The molecule has 3 nitrogen and oxygen atoms in total. The van der Waals surface area contributed by atoms with Gasteiger partial charge in [-0.2, -0.15) is 0 Å². The average molecular weight is 254 g/mol. The van der Waals surface area contributed by atoms with Crippen molar-refractivity contribution in [2.75, 3.05) is 5.75 Å². The van der Waals surface area contributed by atoms with Crippen molar-refractivity contribution >= 4 is 32.8 Å². The van der Waals surface area contributed by atoms with Crippen LogP contribution in [0.5, 0.6) is 0 Å². The average Bonchev–Trinajstić information content (AvgIpc) is 2.29. The van der Waals surface area contributed by atoms with Gasteiger partial charge in [0.15, 0.2) is 9.84 Å². The molecule has 6 heteroatoms. The molecular weight excluding hydrogens is 242 g/mol. The molecule has 0 fully saturated rings. The van der Waals surface area contributed by atoms with E-state index in [0.29, 0.717) is 4.34 Å². The minimum absolute atomic E-state index is 0.0726. The molecule has 0 bridgehead atoms. The predicted octanol–water partition coefficient (Wildman–Crippen LogP) is 1.91. The number of sulfone groups is 1. The third kappa shape index (κ3) is 3.24. The Morgan fingerprint density at radius 3 is 2.43 bits per heavy atom. The Bertz CT molecular complexity index is 417. The van der Waals surface area contributed by atoms with E-state index in [9.17, 15) is 8.42 Å². The van der Waals surface area contributed by atoms with Crippen molar-refractivity contribution in [3.05, 3.63) is 16.5 Å². The number of nitrogens with two attached hydrogens (primary N) is 1. The van der Waals surface area contributed by atoms with Gasteiger partial charge in [-0.15, -0.1) is 11.3 Å². The summed E-state index contributed by atoms with van der Waals surface area (Å²) in [7, 11) is -3.29. The number of rotatable bonds is 3. The summed E-state index contributed by atoms with van der Waals surface area (Å²) in [6.45, 7) is 3.36. The predicted molar refractivity (Wildman–Crippen MR) is 59.6 cm³/mol. The fourth-order valence-corrected chi connectivity index (χ4v) is 4.29. The largest absolute Gasteiger partial charge is 0.325 e. The number of hydrogen-bond acceptors (Lipinski definition) is 4. The highest BCUT2D eigenvalue weighted by Crippen LogP contribution is 2.27. The van der Waals surface area contributed by atoms with Crippen LogP contribution in [-0.4, -0.2) is 19.7 Å². The molecule has 0 aromatic carbocycles. The molecular formula is C8H12ClNO2S2. The van der Waals surface area contributed by atoms with Gasteiger partial charge in [0.2, 0.25) is 0 Å². The van der Waals surface area contributed by atoms with Crippen LogP contribution in [0.4, 0.5) is 0 Å². The molecule has 14 heavy (non-hydrogen) atoms. The first-order valence-corrected chi connectivity index (χ1v) is 6.82. The molecule has 0 aliphatic rings. The number of thiophene rings is 1. The van der Waals surface area contributed by atoms with E-state index in [0.717, 1.165) is 11.3 Å². The molecule has 0 atom stereocenters. The first-order valence-electron chi connectivity index (χ1n) is 3.98. The Labute approximate surface area is 92.8 Å². The van der Waals surface area contributed by atoms with E-state index >= 15 is 0 Å². The first-order chi connectivity index (χ1) is 6.21. The normalized spacial score (nSPS) is 13.1. The minimum Gasteiger partial charge on any atom is -0.325 e. The van der Waals surface area contributed by atoms with Gasteiger partial charge in [-0.05, 0) is 26.0 Å². The molecule has 0 amide bonds. The van der Waals surface area contributed by atoms with Crippen LogP contribution in [0.3, 0.4) is 0 Å². The molecule has 0 saturated heterocycles. The van der Waals surface area contributed by atoms with E-state index < -0.39 is 15.4 Å². The number of hydrogen-bond donors (Lipinski definition) is 1. The Morgan fingerprint density at radius 1 is 1.50 bits per heavy atom. The standard InChI is InChI=1S/C8H12ClNO2S2/c1-8(2,10)5-14(11,12)7-4-3-6(9)13-7/h3-4H,5,10H2,1-2H3. The molecule has 2 N–H and O–H groups in total. The van der Waals surface area contributed by atoms with Gasteiger partial charge < -0.3 is 5.73 Å². The van der Waals surface area contributed by atoms with E-state index in [1.807, 2.05) is 0 Å². The van der Waals surface area contributed by atoms with Crippen molar-refractivity contribution in [1.82, 2.24) is 0 Å². The lowest BCUT2D eigenvalue weighted by Gasteiger charge is -2.17. The van der Waals surface area contributed by atoms with Crippen molar-refractivity contribution in [2.24, 2.45) is 5.73 Å². The van der Waals surface area contributed by atoms with Gasteiger partial charge in [0, 0.05) is 5.54 Å². The molecule has 80 valence electrons. The van der Waals surface area contributed by atoms with E-state index in [1.165, 1.54) is 6.07 Å². The van der Waals surface area contributed by atoms with Gasteiger partial charge in [-0.3, -0.25) is 0 Å². The highest BCUT2D eigenvalue weighted by molar-refractivity contribution is 7.93. The van der Waals surface area contributed by atoms with Crippen LogP contribution in [-0.2, 0) is 9.84 Å². The monoisotopic (exact) mass is 253 g/mol. The third-order valence-corrected chi connectivity index (χ3v) is 5.33. The third-order valence-electron chi connectivity index (χ3n) is 1.42. The molecule has 1 aromatic rings. The van der Waals surface area contributed by atoms with Crippen LogP contribution in [0.15, 0.2) is 16.3 Å². The molecule has 0 saturated carbocycles. The van der Waals surface area contributed by atoms with Crippen molar-refractivity contribution < 1.29 is 8.42 Å². The summed E-state index contributed by atoms with van der Waals surface area (Å²) in [6.07, 6.45) is 0. The summed E-state index contributed by atoms with van der Waals surface area (Å²) < 4.78 is 24.2. The molecule has 0 spiro atoms.